The van der Waals surface area contributed by atoms with Crippen molar-refractivity contribution >= 4 is 23.5 Å². The highest BCUT2D eigenvalue weighted by Gasteiger charge is 2.46. The van der Waals surface area contributed by atoms with Gasteiger partial charge in [-0.2, -0.15) is 0 Å². The van der Waals surface area contributed by atoms with E-state index in [4.69, 9.17) is 16.3 Å². The summed E-state index contributed by atoms with van der Waals surface area (Å²) in [6.45, 7) is 0.332. The van der Waals surface area contributed by atoms with Gasteiger partial charge >= 0.3 is 5.97 Å². The number of nitrogens with zero attached hydrogens (tertiary/aromatic N) is 1. The van der Waals surface area contributed by atoms with Crippen molar-refractivity contribution in [3.8, 4) is 5.75 Å². The fraction of sp³-hybridized carbons (Fsp3) is 0.500. The minimum Gasteiger partial charge on any atom is -0.496 e. The van der Waals surface area contributed by atoms with Crippen molar-refractivity contribution in [2.45, 2.75) is 32.2 Å². The average Bonchev–Trinajstić information content (AvgIpc) is 2.42. The van der Waals surface area contributed by atoms with Crippen molar-refractivity contribution in [3.63, 3.8) is 0 Å². The summed E-state index contributed by atoms with van der Waals surface area (Å²) in [6, 6.07) is 5.22. The van der Waals surface area contributed by atoms with Crippen LogP contribution in [0.2, 0.25) is 5.02 Å². The average molecular weight is 326 g/mol. The van der Waals surface area contributed by atoms with Gasteiger partial charge in [-0.3, -0.25) is 9.59 Å². The molecule has 0 aliphatic heterocycles. The second-order valence-electron chi connectivity index (χ2n) is 5.82. The van der Waals surface area contributed by atoms with Gasteiger partial charge in [0.05, 0.1) is 12.5 Å². The van der Waals surface area contributed by atoms with Crippen LogP contribution in [0.5, 0.6) is 5.75 Å². The van der Waals surface area contributed by atoms with Crippen LogP contribution in [-0.4, -0.2) is 36.0 Å². The quantitative estimate of drug-likeness (QED) is 0.873. The molecule has 5 nitrogen and oxygen atoms in total. The Morgan fingerprint density at radius 3 is 2.59 bits per heavy atom. The van der Waals surface area contributed by atoms with E-state index in [0.29, 0.717) is 30.2 Å². The fourth-order valence-corrected chi connectivity index (χ4v) is 2.90. The lowest BCUT2D eigenvalue weighted by Gasteiger charge is -2.38. The summed E-state index contributed by atoms with van der Waals surface area (Å²) in [5.41, 5.74) is -0.0761. The van der Waals surface area contributed by atoms with Crippen LogP contribution in [0.1, 0.15) is 31.2 Å². The molecule has 1 aromatic carbocycles. The summed E-state index contributed by atoms with van der Waals surface area (Å²) in [4.78, 5) is 25.2. The van der Waals surface area contributed by atoms with Crippen LogP contribution >= 0.6 is 11.6 Å². The number of rotatable bonds is 6. The van der Waals surface area contributed by atoms with Crippen molar-refractivity contribution in [1.82, 2.24) is 4.90 Å². The fourth-order valence-electron chi connectivity index (χ4n) is 2.71. The molecule has 6 heteroatoms. The number of carboxylic acid groups (broad SMARTS) is 1. The number of halogens is 1. The number of carbonyl (C=O) groups is 2. The van der Waals surface area contributed by atoms with E-state index in [-0.39, 0.29) is 12.3 Å². The van der Waals surface area contributed by atoms with Crippen molar-refractivity contribution in [2.75, 3.05) is 14.2 Å². The normalized spacial score (nSPS) is 15.8. The molecule has 1 saturated carbocycles. The van der Waals surface area contributed by atoms with Crippen LogP contribution < -0.4 is 4.74 Å². The molecule has 0 atom stereocenters. The molecule has 1 fully saturated rings. The summed E-state index contributed by atoms with van der Waals surface area (Å²) >= 11 is 5.98. The molecule has 1 aromatic rings. The molecule has 0 unspecified atom stereocenters. The molecule has 0 bridgehead atoms. The van der Waals surface area contributed by atoms with Gasteiger partial charge < -0.3 is 14.7 Å². The Morgan fingerprint density at radius 2 is 2.09 bits per heavy atom. The van der Waals surface area contributed by atoms with Gasteiger partial charge in [0.1, 0.15) is 5.75 Å². The van der Waals surface area contributed by atoms with Gasteiger partial charge in [-0.15, -0.1) is 0 Å². The monoisotopic (exact) mass is 325 g/mol. The molecule has 1 aliphatic carbocycles. The highest BCUT2D eigenvalue weighted by Crippen LogP contribution is 2.44. The molecule has 0 spiro atoms. The van der Waals surface area contributed by atoms with Gasteiger partial charge in [0.15, 0.2) is 0 Å². The van der Waals surface area contributed by atoms with E-state index in [1.807, 2.05) is 0 Å². The first-order valence-electron chi connectivity index (χ1n) is 7.18. The number of methoxy groups -OCH3 is 1. The zero-order valence-corrected chi connectivity index (χ0v) is 13.5. The lowest BCUT2D eigenvalue weighted by molar-refractivity contribution is -0.159. The molecule has 1 amide bonds. The van der Waals surface area contributed by atoms with Crippen LogP contribution in [0.25, 0.3) is 0 Å². The standard InChI is InChI=1S/C16H20ClNO4/c1-18(10-11-8-12(17)4-5-13(11)22-2)14(19)9-16(15(20)21)6-3-7-16/h4-5,8H,3,6-7,9-10H2,1-2H3,(H,20,21). The van der Waals surface area contributed by atoms with Crippen molar-refractivity contribution in [3.05, 3.63) is 28.8 Å². The maximum Gasteiger partial charge on any atom is 0.310 e. The Morgan fingerprint density at radius 1 is 1.41 bits per heavy atom. The van der Waals surface area contributed by atoms with Crippen LogP contribution in [0.15, 0.2) is 18.2 Å². The van der Waals surface area contributed by atoms with Crippen LogP contribution in [0.4, 0.5) is 0 Å². The predicted molar refractivity (Wildman–Crippen MR) is 83.0 cm³/mol. The van der Waals surface area contributed by atoms with Crippen molar-refractivity contribution in [2.24, 2.45) is 5.41 Å². The third-order valence-corrected chi connectivity index (χ3v) is 4.56. The summed E-state index contributed by atoms with van der Waals surface area (Å²) in [5.74, 6) is -0.398. The topological polar surface area (TPSA) is 66.8 Å². The largest absolute Gasteiger partial charge is 0.496 e. The third kappa shape index (κ3) is 3.35. The van der Waals surface area contributed by atoms with E-state index in [0.717, 1.165) is 12.0 Å². The summed E-state index contributed by atoms with van der Waals surface area (Å²) in [7, 11) is 3.22. The Labute approximate surface area is 134 Å². The summed E-state index contributed by atoms with van der Waals surface area (Å²) in [5, 5.41) is 9.88. The second kappa shape index (κ2) is 6.57. The number of ether oxygens (including phenoxy) is 1. The van der Waals surface area contributed by atoms with Crippen molar-refractivity contribution in [1.29, 1.82) is 0 Å². The third-order valence-electron chi connectivity index (χ3n) is 4.33. The smallest absolute Gasteiger partial charge is 0.310 e. The van der Waals surface area contributed by atoms with E-state index in [1.165, 1.54) is 4.90 Å². The van der Waals surface area contributed by atoms with Crippen LogP contribution in [0.3, 0.4) is 0 Å². The zero-order chi connectivity index (χ0) is 16.3. The molecule has 0 radical (unpaired) electrons. The number of hydrogen-bond acceptors (Lipinski definition) is 3. The Kier molecular flexibility index (Phi) is 4.96. The predicted octanol–water partition coefficient (Wildman–Crippen LogP) is 2.95. The Bertz CT molecular complexity index is 584. The molecule has 22 heavy (non-hydrogen) atoms. The van der Waals surface area contributed by atoms with E-state index < -0.39 is 11.4 Å². The minimum absolute atomic E-state index is 0.0434. The minimum atomic E-state index is -0.874. The Balaban J connectivity index is 2.06. The number of benzene rings is 1. The SMILES string of the molecule is COc1ccc(Cl)cc1CN(C)C(=O)CC1(C(=O)O)CCC1. The molecule has 120 valence electrons. The van der Waals surface area contributed by atoms with Crippen LogP contribution in [-0.2, 0) is 16.1 Å². The van der Waals surface area contributed by atoms with E-state index >= 15 is 0 Å². The number of amides is 1. The molecule has 1 aliphatic rings. The van der Waals surface area contributed by atoms with Gasteiger partial charge in [-0.1, -0.05) is 18.0 Å². The number of carbonyl (C=O) groups excluding carboxylic acids is 1. The molecule has 0 aromatic heterocycles. The first-order chi connectivity index (χ1) is 10.4. The summed E-state index contributed by atoms with van der Waals surface area (Å²) < 4.78 is 5.26. The number of aliphatic carboxylic acids is 1. The number of hydrogen-bond donors (Lipinski definition) is 1. The van der Waals surface area contributed by atoms with E-state index in [9.17, 15) is 14.7 Å². The first kappa shape index (κ1) is 16.6. The molecule has 1 N–H and O–H groups in total. The molecular formula is C16H20ClNO4. The van der Waals surface area contributed by atoms with Gasteiger partial charge in [-0.25, -0.2) is 0 Å². The second-order valence-corrected chi connectivity index (χ2v) is 6.26. The van der Waals surface area contributed by atoms with Gasteiger partial charge in [0.2, 0.25) is 5.91 Å². The highest BCUT2D eigenvalue weighted by molar-refractivity contribution is 6.30. The number of carboxylic acids is 1. The maximum absolute atomic E-state index is 12.3. The zero-order valence-electron chi connectivity index (χ0n) is 12.8. The van der Waals surface area contributed by atoms with E-state index in [1.54, 1.807) is 32.4 Å². The van der Waals surface area contributed by atoms with Gasteiger partial charge in [0.25, 0.3) is 0 Å². The lowest BCUT2D eigenvalue weighted by Crippen LogP contribution is -2.42. The maximum atomic E-state index is 12.3. The van der Waals surface area contributed by atoms with E-state index in [2.05, 4.69) is 0 Å². The van der Waals surface area contributed by atoms with Crippen LogP contribution in [0, 0.1) is 5.41 Å². The Hall–Kier alpha value is -1.75. The summed E-state index contributed by atoms with van der Waals surface area (Å²) in [6.07, 6.45) is 2.05. The van der Waals surface area contributed by atoms with Gasteiger partial charge in [-0.05, 0) is 31.0 Å². The van der Waals surface area contributed by atoms with Gasteiger partial charge in [0, 0.05) is 30.6 Å². The highest BCUT2D eigenvalue weighted by atomic mass is 35.5. The van der Waals surface area contributed by atoms with Crippen molar-refractivity contribution < 1.29 is 19.4 Å². The molecule has 0 heterocycles. The molecular weight excluding hydrogens is 306 g/mol. The lowest BCUT2D eigenvalue weighted by atomic mass is 9.66. The molecule has 0 saturated heterocycles. The first-order valence-corrected chi connectivity index (χ1v) is 7.55. The molecule has 2 rings (SSSR count).